The van der Waals surface area contributed by atoms with Crippen LogP contribution in [0.1, 0.15) is 42.0 Å². The second kappa shape index (κ2) is 12.2. The molecule has 0 N–H and O–H groups in total. The summed E-state index contributed by atoms with van der Waals surface area (Å²) in [6, 6.07) is 20.8. The highest BCUT2D eigenvalue weighted by Crippen LogP contribution is 2.37. The van der Waals surface area contributed by atoms with E-state index < -0.39 is 0 Å². The van der Waals surface area contributed by atoms with Crippen LogP contribution in [0.15, 0.2) is 60.7 Å². The molecular weight excluding hydrogens is 492 g/mol. The minimum absolute atomic E-state index is 0.193. The number of hydrogen-bond donors (Lipinski definition) is 0. The van der Waals surface area contributed by atoms with E-state index >= 15 is 0 Å². The zero-order valence-corrected chi connectivity index (χ0v) is 23.2. The Kier molecular flexibility index (Phi) is 8.53. The van der Waals surface area contributed by atoms with Crippen LogP contribution in [0.3, 0.4) is 0 Å². The summed E-state index contributed by atoms with van der Waals surface area (Å²) in [6.07, 6.45) is 1.35. The lowest BCUT2D eigenvalue weighted by Gasteiger charge is -2.41. The lowest BCUT2D eigenvalue weighted by atomic mass is 9.76. The van der Waals surface area contributed by atoms with Crippen LogP contribution in [-0.4, -0.2) is 45.6 Å². The largest absolute Gasteiger partial charge is 0.493 e. The first-order valence-corrected chi connectivity index (χ1v) is 13.8. The van der Waals surface area contributed by atoms with Gasteiger partial charge in [0, 0.05) is 18.1 Å². The molecule has 2 fully saturated rings. The Morgan fingerprint density at radius 2 is 1.74 bits per heavy atom. The van der Waals surface area contributed by atoms with E-state index in [1.807, 2.05) is 31.2 Å². The fourth-order valence-corrected chi connectivity index (χ4v) is 5.45. The van der Waals surface area contributed by atoms with Crippen LogP contribution in [-0.2, 0) is 31.0 Å². The smallest absolute Gasteiger partial charge is 0.306 e. The van der Waals surface area contributed by atoms with Gasteiger partial charge in [0.1, 0.15) is 18.1 Å². The van der Waals surface area contributed by atoms with Crippen LogP contribution < -0.4 is 9.47 Å². The van der Waals surface area contributed by atoms with Gasteiger partial charge in [-0.25, -0.2) is 0 Å². The zero-order valence-electron chi connectivity index (χ0n) is 23.2. The molecule has 6 nitrogen and oxygen atoms in total. The number of ether oxygens (including phenoxy) is 5. The van der Waals surface area contributed by atoms with Crippen LogP contribution >= 0.6 is 0 Å². The van der Waals surface area contributed by atoms with E-state index in [-0.39, 0.29) is 11.4 Å². The molecule has 1 unspecified atom stereocenters. The highest BCUT2D eigenvalue weighted by molar-refractivity contribution is 5.72. The third kappa shape index (κ3) is 6.29. The minimum Gasteiger partial charge on any atom is -0.493 e. The molecule has 0 bridgehead atoms. The molecule has 6 heteroatoms. The SMILES string of the molecule is CCOC(=O)CC1(c2ccc(OCc3cc(-c4c(C)cccc4C)ccc3OCC3CCOC3)cc2)COC1. The van der Waals surface area contributed by atoms with Crippen molar-refractivity contribution in [2.45, 2.75) is 45.6 Å². The number of hydrogen-bond acceptors (Lipinski definition) is 6. The Balaban J connectivity index is 1.33. The predicted octanol–water partition coefficient (Wildman–Crippen LogP) is 6.19. The molecule has 2 aliphatic heterocycles. The summed E-state index contributed by atoms with van der Waals surface area (Å²) < 4.78 is 28.8. The summed E-state index contributed by atoms with van der Waals surface area (Å²) in [5.41, 5.74) is 6.63. The van der Waals surface area contributed by atoms with Crippen molar-refractivity contribution in [2.24, 2.45) is 5.92 Å². The summed E-state index contributed by atoms with van der Waals surface area (Å²) in [6.45, 7) is 10.1. The molecule has 206 valence electrons. The van der Waals surface area contributed by atoms with Crippen molar-refractivity contribution in [2.75, 3.05) is 39.6 Å². The number of benzene rings is 3. The Bertz CT molecular complexity index is 1250. The first kappa shape index (κ1) is 27.2. The average molecular weight is 531 g/mol. The van der Waals surface area contributed by atoms with Crippen molar-refractivity contribution in [3.05, 3.63) is 82.9 Å². The van der Waals surface area contributed by atoms with Gasteiger partial charge < -0.3 is 23.7 Å². The van der Waals surface area contributed by atoms with Crippen LogP contribution in [0.4, 0.5) is 0 Å². The lowest BCUT2D eigenvalue weighted by Crippen LogP contribution is -2.48. The number of rotatable bonds is 11. The van der Waals surface area contributed by atoms with Gasteiger partial charge in [0.2, 0.25) is 0 Å². The van der Waals surface area contributed by atoms with Crippen LogP contribution in [0, 0.1) is 19.8 Å². The maximum atomic E-state index is 12.2. The van der Waals surface area contributed by atoms with Crippen molar-refractivity contribution < 1.29 is 28.5 Å². The molecule has 0 aromatic heterocycles. The third-order valence-electron chi connectivity index (χ3n) is 7.73. The zero-order chi connectivity index (χ0) is 27.2. The van der Waals surface area contributed by atoms with Crippen molar-refractivity contribution in [1.82, 2.24) is 0 Å². The van der Waals surface area contributed by atoms with Crippen LogP contribution in [0.2, 0.25) is 0 Å². The molecule has 3 aromatic rings. The summed E-state index contributed by atoms with van der Waals surface area (Å²) in [4.78, 5) is 12.2. The van der Waals surface area contributed by atoms with Gasteiger partial charge in [0.25, 0.3) is 0 Å². The maximum absolute atomic E-state index is 12.2. The molecule has 0 radical (unpaired) electrons. The quantitative estimate of drug-likeness (QED) is 0.276. The van der Waals surface area contributed by atoms with E-state index in [0.717, 1.165) is 47.8 Å². The highest BCUT2D eigenvalue weighted by atomic mass is 16.5. The molecule has 0 saturated carbocycles. The first-order valence-electron chi connectivity index (χ1n) is 13.8. The molecule has 2 saturated heterocycles. The van der Waals surface area contributed by atoms with E-state index in [9.17, 15) is 4.79 Å². The molecule has 0 spiro atoms. The van der Waals surface area contributed by atoms with E-state index in [1.54, 1.807) is 0 Å². The van der Waals surface area contributed by atoms with Crippen molar-refractivity contribution in [1.29, 1.82) is 0 Å². The second-order valence-electron chi connectivity index (χ2n) is 10.7. The molecule has 0 aliphatic carbocycles. The van der Waals surface area contributed by atoms with Gasteiger partial charge in [-0.05, 0) is 79.3 Å². The highest BCUT2D eigenvalue weighted by Gasteiger charge is 2.42. The molecule has 1 atom stereocenters. The summed E-state index contributed by atoms with van der Waals surface area (Å²) in [5.74, 6) is 1.83. The normalized spacial score (nSPS) is 17.9. The molecule has 39 heavy (non-hydrogen) atoms. The third-order valence-corrected chi connectivity index (χ3v) is 7.73. The predicted molar refractivity (Wildman–Crippen MR) is 150 cm³/mol. The summed E-state index contributed by atoms with van der Waals surface area (Å²) >= 11 is 0. The Morgan fingerprint density at radius 3 is 2.38 bits per heavy atom. The molecule has 0 amide bonds. The fraction of sp³-hybridized carbons (Fsp3) is 0.424. The molecule has 2 aliphatic rings. The van der Waals surface area contributed by atoms with Gasteiger partial charge in [0.15, 0.2) is 0 Å². The number of esters is 1. The van der Waals surface area contributed by atoms with Crippen molar-refractivity contribution in [3.8, 4) is 22.6 Å². The monoisotopic (exact) mass is 530 g/mol. The van der Waals surface area contributed by atoms with Gasteiger partial charge in [-0.2, -0.15) is 0 Å². The lowest BCUT2D eigenvalue weighted by molar-refractivity contribution is -0.151. The Labute approximate surface area is 231 Å². The Morgan fingerprint density at radius 1 is 0.974 bits per heavy atom. The van der Waals surface area contributed by atoms with Crippen molar-refractivity contribution in [3.63, 3.8) is 0 Å². The van der Waals surface area contributed by atoms with E-state index in [2.05, 4.69) is 50.2 Å². The summed E-state index contributed by atoms with van der Waals surface area (Å²) in [5, 5.41) is 0. The maximum Gasteiger partial charge on any atom is 0.306 e. The summed E-state index contributed by atoms with van der Waals surface area (Å²) in [7, 11) is 0. The average Bonchev–Trinajstić information content (AvgIpc) is 3.43. The first-order chi connectivity index (χ1) is 19.0. The molecule has 2 heterocycles. The van der Waals surface area contributed by atoms with Gasteiger partial charge in [0.05, 0.1) is 44.9 Å². The second-order valence-corrected chi connectivity index (χ2v) is 10.7. The topological polar surface area (TPSA) is 63.2 Å². The van der Waals surface area contributed by atoms with Crippen molar-refractivity contribution >= 4 is 5.97 Å². The molecular formula is C33H38O6. The van der Waals surface area contributed by atoms with Gasteiger partial charge in [-0.15, -0.1) is 0 Å². The van der Waals surface area contributed by atoms with E-state index in [1.165, 1.54) is 16.7 Å². The fourth-order valence-electron chi connectivity index (χ4n) is 5.45. The Hall–Kier alpha value is -3.35. The van der Waals surface area contributed by atoms with Gasteiger partial charge in [-0.3, -0.25) is 4.79 Å². The van der Waals surface area contributed by atoms with Gasteiger partial charge in [-0.1, -0.05) is 36.4 Å². The standard InChI is InChI=1S/C33H38O6/c1-4-37-31(34)17-33(21-36-22-33)28-9-11-29(12-10-28)38-20-27-16-26(32-23(2)6-5-7-24(32)3)8-13-30(27)39-19-25-14-15-35-18-25/h5-13,16,25H,4,14-15,17-22H2,1-3H3. The minimum atomic E-state index is -0.324. The van der Waals surface area contributed by atoms with Gasteiger partial charge >= 0.3 is 5.97 Å². The molecule has 5 rings (SSSR count). The number of carbonyl (C=O) groups excluding carboxylic acids is 1. The van der Waals surface area contributed by atoms with E-state index in [0.29, 0.717) is 45.4 Å². The molecule has 3 aromatic carbocycles. The van der Waals surface area contributed by atoms with Crippen LogP contribution in [0.25, 0.3) is 11.1 Å². The number of aryl methyl sites for hydroxylation is 2. The van der Waals surface area contributed by atoms with Crippen LogP contribution in [0.5, 0.6) is 11.5 Å². The number of carbonyl (C=O) groups is 1. The van der Waals surface area contributed by atoms with E-state index in [4.69, 9.17) is 23.7 Å².